The maximum Gasteiger partial charge on any atom is 0.311 e. The Morgan fingerprint density at radius 1 is 1.32 bits per heavy atom. The lowest BCUT2D eigenvalue weighted by Gasteiger charge is -2.30. The Labute approximate surface area is 110 Å². The lowest BCUT2D eigenvalue weighted by molar-refractivity contribution is -0.386. The van der Waals surface area contributed by atoms with E-state index in [1.165, 1.54) is 0 Å². The number of hydrogen-bond acceptors (Lipinski definition) is 4. The first-order valence-electron chi connectivity index (χ1n) is 6.25. The number of nitrogens with zero attached hydrogens (tertiary/aromatic N) is 1. The molecule has 0 spiro atoms. The van der Waals surface area contributed by atoms with E-state index < -0.39 is 10.7 Å². The summed E-state index contributed by atoms with van der Waals surface area (Å²) in [6.45, 7) is 0. The first-order chi connectivity index (χ1) is 9.11. The third-order valence-corrected chi connectivity index (χ3v) is 3.34. The quantitative estimate of drug-likeness (QED) is 0.622. The molecule has 104 valence electrons. The number of halogens is 1. The molecule has 2 rings (SSSR count). The van der Waals surface area contributed by atoms with Crippen molar-refractivity contribution in [2.75, 3.05) is 7.11 Å². The maximum absolute atomic E-state index is 13.2. The Morgan fingerprint density at radius 3 is 2.63 bits per heavy atom. The maximum atomic E-state index is 13.2. The van der Waals surface area contributed by atoms with Crippen LogP contribution in [0.5, 0.6) is 5.75 Å². The largest absolute Gasteiger partial charge is 0.481 e. The molecule has 2 unspecified atom stereocenters. The van der Waals surface area contributed by atoms with Crippen molar-refractivity contribution in [2.24, 2.45) is 0 Å². The van der Waals surface area contributed by atoms with Gasteiger partial charge in [-0.15, -0.1) is 0 Å². The second-order valence-electron chi connectivity index (χ2n) is 4.58. The van der Waals surface area contributed by atoms with E-state index in [0.29, 0.717) is 0 Å². The monoisotopic (exact) mass is 269 g/mol. The van der Waals surface area contributed by atoms with Crippen LogP contribution in [0.1, 0.15) is 25.7 Å². The van der Waals surface area contributed by atoms with Gasteiger partial charge >= 0.3 is 5.69 Å². The molecule has 0 amide bonds. The number of rotatable bonds is 4. The fourth-order valence-corrected chi connectivity index (χ4v) is 2.36. The molecule has 0 aromatic heterocycles. The van der Waals surface area contributed by atoms with Crippen LogP contribution in [0, 0.1) is 15.9 Å². The Balaban J connectivity index is 2.21. The van der Waals surface area contributed by atoms with Gasteiger partial charge in [-0.05, 0) is 25.3 Å². The summed E-state index contributed by atoms with van der Waals surface area (Å²) in [5, 5.41) is 10.9. The molecule has 19 heavy (non-hydrogen) atoms. The fourth-order valence-electron chi connectivity index (χ4n) is 2.36. The highest BCUT2D eigenvalue weighted by molar-refractivity contribution is 5.46. The molecule has 5 nitrogen and oxygen atoms in total. The van der Waals surface area contributed by atoms with Crippen LogP contribution >= 0.6 is 0 Å². The molecule has 0 saturated heterocycles. The van der Waals surface area contributed by atoms with E-state index in [1.54, 1.807) is 7.11 Å². The highest BCUT2D eigenvalue weighted by atomic mass is 19.1. The Bertz CT molecular complexity index is 466. The predicted octanol–water partition coefficient (Wildman–Crippen LogP) is 3.07. The lowest BCUT2D eigenvalue weighted by atomic mass is 9.94. The van der Waals surface area contributed by atoms with Crippen LogP contribution in [0.3, 0.4) is 0 Å². The topological polar surface area (TPSA) is 61.6 Å². The summed E-state index contributed by atoms with van der Waals surface area (Å²) < 4.78 is 24.2. The van der Waals surface area contributed by atoms with E-state index in [4.69, 9.17) is 9.47 Å². The van der Waals surface area contributed by atoms with Gasteiger partial charge in [-0.2, -0.15) is 0 Å². The summed E-state index contributed by atoms with van der Waals surface area (Å²) in [5.41, 5.74) is -0.221. The number of ether oxygens (including phenoxy) is 2. The molecule has 1 aromatic rings. The van der Waals surface area contributed by atoms with Crippen molar-refractivity contribution < 1.29 is 18.8 Å². The van der Waals surface area contributed by atoms with Gasteiger partial charge in [0.25, 0.3) is 0 Å². The van der Waals surface area contributed by atoms with E-state index in [2.05, 4.69) is 0 Å². The summed E-state index contributed by atoms with van der Waals surface area (Å²) in [7, 11) is 1.59. The van der Waals surface area contributed by atoms with Crippen LogP contribution in [-0.2, 0) is 4.74 Å². The minimum atomic E-state index is -0.570. The zero-order valence-corrected chi connectivity index (χ0v) is 10.7. The van der Waals surface area contributed by atoms with Crippen LogP contribution in [-0.4, -0.2) is 24.2 Å². The molecule has 1 saturated carbocycles. The molecule has 0 heterocycles. The molecule has 6 heteroatoms. The standard InChI is InChI=1S/C13H16FNO4/c1-18-11-4-2-3-5-12(11)19-13-8-9(14)6-7-10(13)15(16)17/h6-8,11-12H,2-5H2,1H3. The summed E-state index contributed by atoms with van der Waals surface area (Å²) in [5.74, 6) is -0.579. The van der Waals surface area contributed by atoms with Gasteiger partial charge in [0.15, 0.2) is 5.75 Å². The zero-order chi connectivity index (χ0) is 13.8. The highest BCUT2D eigenvalue weighted by Gasteiger charge is 2.29. The summed E-state index contributed by atoms with van der Waals surface area (Å²) in [6, 6.07) is 3.23. The van der Waals surface area contributed by atoms with Crippen molar-refractivity contribution in [1.82, 2.24) is 0 Å². The number of methoxy groups -OCH3 is 1. The number of benzene rings is 1. The minimum absolute atomic E-state index is 0.0287. The Morgan fingerprint density at radius 2 is 2.00 bits per heavy atom. The molecule has 1 aliphatic rings. The molecule has 0 N–H and O–H groups in total. The van der Waals surface area contributed by atoms with Gasteiger partial charge in [0, 0.05) is 19.2 Å². The molecule has 1 fully saturated rings. The summed E-state index contributed by atoms with van der Waals surface area (Å²) >= 11 is 0. The molecule has 2 atom stereocenters. The van der Waals surface area contributed by atoms with Gasteiger partial charge < -0.3 is 9.47 Å². The Kier molecular flexibility index (Phi) is 4.31. The van der Waals surface area contributed by atoms with Gasteiger partial charge in [-0.3, -0.25) is 10.1 Å². The molecular formula is C13H16FNO4. The van der Waals surface area contributed by atoms with E-state index in [0.717, 1.165) is 43.9 Å². The molecule has 0 radical (unpaired) electrons. The van der Waals surface area contributed by atoms with Crippen molar-refractivity contribution in [2.45, 2.75) is 37.9 Å². The average Bonchev–Trinajstić information content (AvgIpc) is 2.39. The van der Waals surface area contributed by atoms with Crippen LogP contribution < -0.4 is 4.74 Å². The van der Waals surface area contributed by atoms with Crippen LogP contribution in [0.15, 0.2) is 18.2 Å². The van der Waals surface area contributed by atoms with E-state index >= 15 is 0 Å². The first kappa shape index (κ1) is 13.7. The van der Waals surface area contributed by atoms with Crippen molar-refractivity contribution in [1.29, 1.82) is 0 Å². The summed E-state index contributed by atoms with van der Waals surface area (Å²) in [4.78, 5) is 10.3. The van der Waals surface area contributed by atoms with Gasteiger partial charge in [0.05, 0.1) is 11.0 Å². The number of nitro groups is 1. The molecular weight excluding hydrogens is 253 g/mol. The molecule has 0 bridgehead atoms. The van der Waals surface area contributed by atoms with E-state index in [-0.39, 0.29) is 23.6 Å². The lowest BCUT2D eigenvalue weighted by Crippen LogP contribution is -2.36. The molecule has 1 aliphatic carbocycles. The van der Waals surface area contributed by atoms with Crippen LogP contribution in [0.4, 0.5) is 10.1 Å². The van der Waals surface area contributed by atoms with E-state index in [9.17, 15) is 14.5 Å². The van der Waals surface area contributed by atoms with Crippen molar-refractivity contribution in [3.63, 3.8) is 0 Å². The van der Waals surface area contributed by atoms with Crippen molar-refractivity contribution in [3.8, 4) is 5.75 Å². The highest BCUT2D eigenvalue weighted by Crippen LogP contribution is 2.32. The van der Waals surface area contributed by atoms with E-state index in [1.807, 2.05) is 0 Å². The summed E-state index contributed by atoms with van der Waals surface area (Å²) in [6.07, 6.45) is 3.27. The van der Waals surface area contributed by atoms with Gasteiger partial charge in [0.1, 0.15) is 11.9 Å². The van der Waals surface area contributed by atoms with Gasteiger partial charge in [-0.25, -0.2) is 4.39 Å². The zero-order valence-electron chi connectivity index (χ0n) is 10.7. The predicted molar refractivity (Wildman–Crippen MR) is 66.7 cm³/mol. The second kappa shape index (κ2) is 5.97. The van der Waals surface area contributed by atoms with Crippen LogP contribution in [0.2, 0.25) is 0 Å². The minimum Gasteiger partial charge on any atom is -0.481 e. The second-order valence-corrected chi connectivity index (χ2v) is 4.58. The van der Waals surface area contributed by atoms with Crippen molar-refractivity contribution in [3.05, 3.63) is 34.1 Å². The fraction of sp³-hybridized carbons (Fsp3) is 0.538. The number of hydrogen-bond donors (Lipinski definition) is 0. The van der Waals surface area contributed by atoms with Crippen LogP contribution in [0.25, 0.3) is 0 Å². The van der Waals surface area contributed by atoms with Gasteiger partial charge in [0.2, 0.25) is 0 Å². The van der Waals surface area contributed by atoms with Crippen molar-refractivity contribution >= 4 is 5.69 Å². The normalized spacial score (nSPS) is 23.1. The SMILES string of the molecule is COC1CCCCC1Oc1cc(F)ccc1[N+](=O)[O-]. The third kappa shape index (κ3) is 3.20. The number of nitro benzene ring substituents is 1. The van der Waals surface area contributed by atoms with Gasteiger partial charge in [-0.1, -0.05) is 6.42 Å². The molecule has 0 aliphatic heterocycles. The average molecular weight is 269 g/mol. The first-order valence-corrected chi connectivity index (χ1v) is 6.25. The Hall–Kier alpha value is -1.69. The third-order valence-electron chi connectivity index (χ3n) is 3.34. The molecule has 1 aromatic carbocycles. The smallest absolute Gasteiger partial charge is 0.311 e.